The summed E-state index contributed by atoms with van der Waals surface area (Å²) in [5.74, 6) is 2.00. The van der Waals surface area contributed by atoms with E-state index < -0.39 is 0 Å². The molecule has 1 unspecified atom stereocenters. The Hall–Kier alpha value is -1.52. The average molecular weight is 207 g/mol. The molecule has 5 heteroatoms. The smallest absolute Gasteiger partial charge is 0.190 e. The minimum atomic E-state index is 0.436. The Balaban J connectivity index is 1.98. The normalized spacial score (nSPS) is 20.9. The van der Waals surface area contributed by atoms with Crippen LogP contribution < -0.4 is 10.6 Å². The van der Waals surface area contributed by atoms with E-state index in [0.29, 0.717) is 6.04 Å². The first-order valence-corrected chi connectivity index (χ1v) is 5.24. The van der Waals surface area contributed by atoms with E-state index in [9.17, 15) is 0 Å². The minimum Gasteiger partial charge on any atom is -0.359 e. The van der Waals surface area contributed by atoms with Crippen molar-refractivity contribution in [1.82, 2.24) is 20.2 Å². The highest BCUT2D eigenvalue weighted by atomic mass is 15.2. The molecule has 1 aromatic heterocycles. The predicted molar refractivity (Wildman–Crippen MR) is 59.9 cm³/mol. The van der Waals surface area contributed by atoms with Crippen LogP contribution in [0.15, 0.2) is 17.4 Å². The van der Waals surface area contributed by atoms with E-state index in [1.165, 1.54) is 0 Å². The van der Waals surface area contributed by atoms with Gasteiger partial charge in [-0.15, -0.1) is 0 Å². The van der Waals surface area contributed by atoms with Crippen LogP contribution in [0.3, 0.4) is 0 Å². The van der Waals surface area contributed by atoms with Gasteiger partial charge in [0, 0.05) is 45.5 Å². The summed E-state index contributed by atoms with van der Waals surface area (Å²) in [4.78, 5) is 8.44. The largest absolute Gasteiger partial charge is 0.359 e. The van der Waals surface area contributed by atoms with Gasteiger partial charge in [0.05, 0.1) is 0 Å². The Bertz CT molecular complexity index is 354. The second kappa shape index (κ2) is 4.33. The summed E-state index contributed by atoms with van der Waals surface area (Å²) >= 11 is 0. The van der Waals surface area contributed by atoms with E-state index >= 15 is 0 Å². The van der Waals surface area contributed by atoms with Gasteiger partial charge in [-0.25, -0.2) is 4.98 Å². The zero-order valence-electron chi connectivity index (χ0n) is 9.20. The molecule has 0 amide bonds. The third-order valence-electron chi connectivity index (χ3n) is 2.75. The fourth-order valence-corrected chi connectivity index (χ4v) is 1.92. The highest BCUT2D eigenvalue weighted by Crippen LogP contribution is 2.12. The SMILES string of the molecule is CN=C(NC)NC1CCn2ccnc2C1. The van der Waals surface area contributed by atoms with Crippen LogP contribution in [0.4, 0.5) is 0 Å². The highest BCUT2D eigenvalue weighted by molar-refractivity contribution is 5.79. The van der Waals surface area contributed by atoms with Gasteiger partial charge in [-0.05, 0) is 6.42 Å². The van der Waals surface area contributed by atoms with Gasteiger partial charge in [-0.1, -0.05) is 0 Å². The van der Waals surface area contributed by atoms with Crippen molar-refractivity contribution in [2.45, 2.75) is 25.4 Å². The summed E-state index contributed by atoms with van der Waals surface area (Å²) in [5.41, 5.74) is 0. The number of nitrogens with one attached hydrogen (secondary N) is 2. The maximum Gasteiger partial charge on any atom is 0.190 e. The number of hydrogen-bond donors (Lipinski definition) is 2. The third kappa shape index (κ3) is 2.11. The molecule has 15 heavy (non-hydrogen) atoms. The molecule has 1 aromatic rings. The van der Waals surface area contributed by atoms with Gasteiger partial charge in [-0.2, -0.15) is 0 Å². The zero-order chi connectivity index (χ0) is 10.7. The summed E-state index contributed by atoms with van der Waals surface area (Å²) in [6.07, 6.45) is 5.99. The number of imidazole rings is 1. The van der Waals surface area contributed by atoms with Gasteiger partial charge in [0.25, 0.3) is 0 Å². The van der Waals surface area contributed by atoms with E-state index in [-0.39, 0.29) is 0 Å². The minimum absolute atomic E-state index is 0.436. The monoisotopic (exact) mass is 207 g/mol. The first-order chi connectivity index (χ1) is 7.33. The van der Waals surface area contributed by atoms with Crippen LogP contribution in [-0.4, -0.2) is 35.6 Å². The maximum atomic E-state index is 4.33. The van der Waals surface area contributed by atoms with Crippen LogP contribution in [0.2, 0.25) is 0 Å². The Morgan fingerprint density at radius 1 is 1.67 bits per heavy atom. The molecule has 1 atom stereocenters. The van der Waals surface area contributed by atoms with Crippen molar-refractivity contribution in [2.24, 2.45) is 4.99 Å². The second-order valence-electron chi connectivity index (χ2n) is 3.69. The summed E-state index contributed by atoms with van der Waals surface area (Å²) in [7, 11) is 3.65. The molecule has 0 aliphatic carbocycles. The second-order valence-corrected chi connectivity index (χ2v) is 3.69. The van der Waals surface area contributed by atoms with E-state index in [1.807, 2.05) is 19.4 Å². The Morgan fingerprint density at radius 3 is 3.27 bits per heavy atom. The lowest BCUT2D eigenvalue weighted by Crippen LogP contribution is -2.45. The Labute approximate surface area is 89.6 Å². The maximum absolute atomic E-state index is 4.33. The lowest BCUT2D eigenvalue weighted by atomic mass is 10.1. The van der Waals surface area contributed by atoms with Crippen molar-refractivity contribution in [1.29, 1.82) is 0 Å². The average Bonchev–Trinajstić information content (AvgIpc) is 2.73. The van der Waals surface area contributed by atoms with Crippen molar-refractivity contribution in [3.05, 3.63) is 18.2 Å². The quantitative estimate of drug-likeness (QED) is 0.503. The third-order valence-corrected chi connectivity index (χ3v) is 2.75. The molecule has 1 aliphatic rings. The first kappa shape index (κ1) is 10.0. The van der Waals surface area contributed by atoms with Gasteiger partial charge < -0.3 is 15.2 Å². The lowest BCUT2D eigenvalue weighted by Gasteiger charge is -2.25. The number of guanidine groups is 1. The van der Waals surface area contributed by atoms with Gasteiger partial charge in [0.1, 0.15) is 5.82 Å². The van der Waals surface area contributed by atoms with E-state index in [1.54, 1.807) is 7.05 Å². The summed E-state index contributed by atoms with van der Waals surface area (Å²) in [5, 5.41) is 6.40. The van der Waals surface area contributed by atoms with Gasteiger partial charge in [-0.3, -0.25) is 4.99 Å². The number of hydrogen-bond acceptors (Lipinski definition) is 2. The number of aliphatic imine (C=N–C) groups is 1. The lowest BCUT2D eigenvalue weighted by molar-refractivity contribution is 0.432. The fourth-order valence-electron chi connectivity index (χ4n) is 1.92. The molecule has 0 saturated heterocycles. The summed E-state index contributed by atoms with van der Waals surface area (Å²) in [6, 6.07) is 0.436. The molecule has 0 aromatic carbocycles. The van der Waals surface area contributed by atoms with Gasteiger partial charge >= 0.3 is 0 Å². The molecular weight excluding hydrogens is 190 g/mol. The molecule has 0 saturated carbocycles. The molecule has 0 bridgehead atoms. The van der Waals surface area contributed by atoms with Gasteiger partial charge in [0.15, 0.2) is 5.96 Å². The van der Waals surface area contributed by atoms with Crippen molar-refractivity contribution in [3.8, 4) is 0 Å². The number of fused-ring (bicyclic) bond motifs is 1. The highest BCUT2D eigenvalue weighted by Gasteiger charge is 2.19. The van der Waals surface area contributed by atoms with Crippen LogP contribution in [0, 0.1) is 0 Å². The van der Waals surface area contributed by atoms with Crippen LogP contribution in [0.25, 0.3) is 0 Å². The first-order valence-electron chi connectivity index (χ1n) is 5.24. The molecule has 2 heterocycles. The Morgan fingerprint density at radius 2 is 2.53 bits per heavy atom. The number of nitrogens with zero attached hydrogens (tertiary/aromatic N) is 3. The number of aryl methyl sites for hydroxylation is 1. The van der Waals surface area contributed by atoms with Crippen LogP contribution in [-0.2, 0) is 13.0 Å². The standard InChI is InChI=1S/C10H17N5/c1-11-10(12-2)14-8-3-5-15-6-4-13-9(15)7-8/h4,6,8H,3,5,7H2,1-2H3,(H2,11,12,14). The van der Waals surface area contributed by atoms with Crippen molar-refractivity contribution in [3.63, 3.8) is 0 Å². The molecular formula is C10H17N5. The van der Waals surface area contributed by atoms with Crippen molar-refractivity contribution in [2.75, 3.05) is 14.1 Å². The molecule has 2 N–H and O–H groups in total. The predicted octanol–water partition coefficient (Wildman–Crippen LogP) is -0.00730. The van der Waals surface area contributed by atoms with E-state index in [0.717, 1.165) is 31.2 Å². The van der Waals surface area contributed by atoms with Gasteiger partial charge in [0.2, 0.25) is 0 Å². The van der Waals surface area contributed by atoms with E-state index in [4.69, 9.17) is 0 Å². The number of rotatable bonds is 1. The molecule has 5 nitrogen and oxygen atoms in total. The molecule has 0 spiro atoms. The molecule has 0 fully saturated rings. The topological polar surface area (TPSA) is 54.2 Å². The van der Waals surface area contributed by atoms with E-state index in [2.05, 4.69) is 25.2 Å². The molecule has 2 rings (SSSR count). The van der Waals surface area contributed by atoms with Crippen molar-refractivity contribution >= 4 is 5.96 Å². The Kier molecular flexibility index (Phi) is 2.89. The van der Waals surface area contributed by atoms with Crippen LogP contribution in [0.5, 0.6) is 0 Å². The summed E-state index contributed by atoms with van der Waals surface area (Å²) < 4.78 is 2.21. The molecule has 82 valence electrons. The molecule has 1 aliphatic heterocycles. The zero-order valence-corrected chi connectivity index (χ0v) is 9.20. The fraction of sp³-hybridized carbons (Fsp3) is 0.600. The number of aromatic nitrogens is 2. The molecule has 0 radical (unpaired) electrons. The van der Waals surface area contributed by atoms with Crippen LogP contribution in [0.1, 0.15) is 12.2 Å². The van der Waals surface area contributed by atoms with Crippen LogP contribution >= 0.6 is 0 Å². The summed E-state index contributed by atoms with van der Waals surface area (Å²) in [6.45, 7) is 1.04. The van der Waals surface area contributed by atoms with Crippen molar-refractivity contribution < 1.29 is 0 Å².